The van der Waals surface area contributed by atoms with E-state index >= 15 is 0 Å². The third-order valence-corrected chi connectivity index (χ3v) is 2.69. The fourth-order valence-corrected chi connectivity index (χ4v) is 1.77. The van der Waals surface area contributed by atoms with Crippen molar-refractivity contribution in [3.05, 3.63) is 0 Å². The first-order valence-corrected chi connectivity index (χ1v) is 5.42. The minimum absolute atomic E-state index is 0.0572. The van der Waals surface area contributed by atoms with Crippen LogP contribution in [0, 0.1) is 5.92 Å². The highest BCUT2D eigenvalue weighted by atomic mass is 16.2. The molecule has 0 spiro atoms. The van der Waals surface area contributed by atoms with Crippen LogP contribution < -0.4 is 0 Å². The van der Waals surface area contributed by atoms with Gasteiger partial charge in [-0.25, -0.2) is 5.01 Å². The van der Waals surface area contributed by atoms with Crippen molar-refractivity contribution in [2.75, 3.05) is 13.6 Å². The van der Waals surface area contributed by atoms with E-state index in [9.17, 15) is 19.2 Å². The highest BCUT2D eigenvalue weighted by Crippen LogP contribution is 2.22. The zero-order valence-electron chi connectivity index (χ0n) is 10.2. The number of amides is 2. The second-order valence-electron chi connectivity index (χ2n) is 4.25. The predicted molar refractivity (Wildman–Crippen MR) is 58.6 cm³/mol. The smallest absolute Gasteiger partial charge is 0.254 e. The normalized spacial score (nSPS) is 20.1. The average Bonchev–Trinajstić information content (AvgIpc) is 2.40. The molecule has 0 bridgehead atoms. The lowest BCUT2D eigenvalue weighted by Crippen LogP contribution is -2.40. The van der Waals surface area contributed by atoms with Crippen molar-refractivity contribution in [1.29, 1.82) is 0 Å². The van der Waals surface area contributed by atoms with Gasteiger partial charge in [-0.3, -0.25) is 19.4 Å². The molecule has 1 rings (SSSR count). The molecule has 6 nitrogen and oxygen atoms in total. The van der Waals surface area contributed by atoms with Crippen LogP contribution in [-0.2, 0) is 19.2 Å². The monoisotopic (exact) mass is 240 g/mol. The molecule has 0 saturated carbocycles. The van der Waals surface area contributed by atoms with Crippen molar-refractivity contribution in [1.82, 2.24) is 10.0 Å². The van der Waals surface area contributed by atoms with E-state index in [1.54, 1.807) is 0 Å². The minimum Gasteiger partial charge on any atom is -0.300 e. The Labute approximate surface area is 99.5 Å². The van der Waals surface area contributed by atoms with Crippen molar-refractivity contribution in [3.63, 3.8) is 0 Å². The quantitative estimate of drug-likeness (QED) is 0.622. The first-order chi connectivity index (χ1) is 7.84. The van der Waals surface area contributed by atoms with Gasteiger partial charge in [0, 0.05) is 13.5 Å². The van der Waals surface area contributed by atoms with Gasteiger partial charge >= 0.3 is 0 Å². The van der Waals surface area contributed by atoms with Crippen LogP contribution in [0.25, 0.3) is 0 Å². The number of hydrogen-bond donors (Lipinski definition) is 0. The van der Waals surface area contributed by atoms with Crippen molar-refractivity contribution in [2.45, 2.75) is 26.7 Å². The van der Waals surface area contributed by atoms with Crippen molar-refractivity contribution >= 4 is 23.4 Å². The summed E-state index contributed by atoms with van der Waals surface area (Å²) in [6, 6.07) is 0. The van der Waals surface area contributed by atoms with Crippen molar-refractivity contribution in [2.24, 2.45) is 5.92 Å². The first kappa shape index (κ1) is 13.3. The zero-order valence-corrected chi connectivity index (χ0v) is 10.2. The number of carbonyl (C=O) groups excluding carboxylic acids is 4. The fraction of sp³-hybridized carbons (Fsp3) is 0.636. The Morgan fingerprint density at radius 2 is 1.71 bits per heavy atom. The summed E-state index contributed by atoms with van der Waals surface area (Å²) in [4.78, 5) is 45.5. The highest BCUT2D eigenvalue weighted by Gasteiger charge is 2.43. The second kappa shape index (κ2) is 5.07. The molecule has 1 aliphatic rings. The van der Waals surface area contributed by atoms with Crippen LogP contribution in [0.2, 0.25) is 0 Å². The molecule has 6 heteroatoms. The van der Waals surface area contributed by atoms with Gasteiger partial charge in [-0.1, -0.05) is 0 Å². The Hall–Kier alpha value is -1.72. The molecule has 1 atom stereocenters. The highest BCUT2D eigenvalue weighted by molar-refractivity contribution is 6.06. The molecule has 0 aromatic carbocycles. The molecule has 1 fully saturated rings. The zero-order chi connectivity index (χ0) is 13.2. The van der Waals surface area contributed by atoms with E-state index in [0.717, 1.165) is 10.0 Å². The number of hydrazine groups is 1. The Balaban J connectivity index is 2.75. The van der Waals surface area contributed by atoms with E-state index in [1.807, 2.05) is 0 Å². The molecule has 0 aromatic rings. The average molecular weight is 240 g/mol. The van der Waals surface area contributed by atoms with Gasteiger partial charge in [0.1, 0.15) is 18.2 Å². The third-order valence-electron chi connectivity index (χ3n) is 2.69. The number of hydrogen-bond acceptors (Lipinski definition) is 4. The van der Waals surface area contributed by atoms with Gasteiger partial charge in [-0.2, -0.15) is 0 Å². The number of ketones is 2. The topological polar surface area (TPSA) is 74.8 Å². The summed E-state index contributed by atoms with van der Waals surface area (Å²) in [6.07, 6.45) is 0.412. The molecule has 0 N–H and O–H groups in total. The minimum atomic E-state index is -0.816. The Bertz CT molecular complexity index is 378. The predicted octanol–water partition coefficient (Wildman–Crippen LogP) is -0.224. The largest absolute Gasteiger partial charge is 0.300 e. The standard InChI is InChI=1S/C11H16N2O4/c1-7(14)4-5-9-10(16)12(3)13(11(9)17)6-8(2)15/h9H,4-6H2,1-3H3. The molecule has 0 aromatic heterocycles. The molecule has 17 heavy (non-hydrogen) atoms. The summed E-state index contributed by atoms with van der Waals surface area (Å²) in [7, 11) is 1.46. The van der Waals surface area contributed by atoms with Gasteiger partial charge in [0.15, 0.2) is 5.78 Å². The Kier molecular flexibility index (Phi) is 3.98. The maximum atomic E-state index is 11.9. The maximum Gasteiger partial charge on any atom is 0.254 e. The van der Waals surface area contributed by atoms with E-state index in [2.05, 4.69) is 0 Å². The van der Waals surface area contributed by atoms with Crippen LogP contribution in [0.3, 0.4) is 0 Å². The molecular weight excluding hydrogens is 224 g/mol. The second-order valence-corrected chi connectivity index (χ2v) is 4.25. The summed E-state index contributed by atoms with van der Waals surface area (Å²) in [5.41, 5.74) is 0. The van der Waals surface area contributed by atoms with Gasteiger partial charge in [-0.15, -0.1) is 0 Å². The van der Waals surface area contributed by atoms with Gasteiger partial charge < -0.3 is 4.79 Å². The molecule has 94 valence electrons. The Morgan fingerprint density at radius 3 is 2.18 bits per heavy atom. The summed E-state index contributed by atoms with van der Waals surface area (Å²) >= 11 is 0. The van der Waals surface area contributed by atoms with Gasteiger partial charge in [-0.05, 0) is 20.3 Å². The number of rotatable bonds is 5. The van der Waals surface area contributed by atoms with Crippen LogP contribution in [-0.4, -0.2) is 47.0 Å². The lowest BCUT2D eigenvalue weighted by Gasteiger charge is -2.22. The summed E-state index contributed by atoms with van der Waals surface area (Å²) in [5.74, 6) is -1.81. The SMILES string of the molecule is CC(=O)CCC1C(=O)N(C)N(CC(C)=O)C1=O. The molecule has 2 amide bonds. The van der Waals surface area contributed by atoms with Gasteiger partial charge in [0.05, 0.1) is 0 Å². The number of carbonyl (C=O) groups is 4. The van der Waals surface area contributed by atoms with Gasteiger partial charge in [0.25, 0.3) is 11.8 Å². The van der Waals surface area contributed by atoms with Crippen LogP contribution >= 0.6 is 0 Å². The van der Waals surface area contributed by atoms with Crippen LogP contribution in [0.1, 0.15) is 26.7 Å². The van der Waals surface area contributed by atoms with Crippen molar-refractivity contribution < 1.29 is 19.2 Å². The molecule has 1 saturated heterocycles. The van der Waals surface area contributed by atoms with Crippen LogP contribution in [0.5, 0.6) is 0 Å². The Morgan fingerprint density at radius 1 is 1.12 bits per heavy atom. The first-order valence-electron chi connectivity index (χ1n) is 5.42. The van der Waals surface area contributed by atoms with E-state index < -0.39 is 11.8 Å². The van der Waals surface area contributed by atoms with Crippen molar-refractivity contribution in [3.8, 4) is 0 Å². The molecule has 0 aliphatic carbocycles. The summed E-state index contributed by atoms with van der Waals surface area (Å²) < 4.78 is 0. The maximum absolute atomic E-state index is 11.9. The molecule has 1 heterocycles. The molecule has 1 unspecified atom stereocenters. The van der Waals surface area contributed by atoms with Crippen LogP contribution in [0.4, 0.5) is 0 Å². The third kappa shape index (κ3) is 2.89. The lowest BCUT2D eigenvalue weighted by molar-refractivity contribution is -0.146. The fourth-order valence-electron chi connectivity index (χ4n) is 1.77. The lowest BCUT2D eigenvalue weighted by atomic mass is 10.0. The summed E-state index contributed by atoms with van der Waals surface area (Å²) in [5, 5.41) is 2.30. The molecular formula is C11H16N2O4. The van der Waals surface area contributed by atoms with E-state index in [1.165, 1.54) is 20.9 Å². The molecule has 0 radical (unpaired) electrons. The number of Topliss-reactive ketones (excluding diaryl/α,β-unsaturated/α-hetero) is 2. The molecule has 1 aliphatic heterocycles. The van der Waals surface area contributed by atoms with E-state index in [4.69, 9.17) is 0 Å². The van der Waals surface area contributed by atoms with Crippen LogP contribution in [0.15, 0.2) is 0 Å². The van der Waals surface area contributed by atoms with E-state index in [-0.39, 0.29) is 36.9 Å². The number of nitrogens with zero attached hydrogens (tertiary/aromatic N) is 2. The van der Waals surface area contributed by atoms with E-state index in [0.29, 0.717) is 0 Å². The summed E-state index contributed by atoms with van der Waals surface area (Å²) in [6.45, 7) is 2.67. The van der Waals surface area contributed by atoms with Gasteiger partial charge in [0.2, 0.25) is 0 Å².